The summed E-state index contributed by atoms with van der Waals surface area (Å²) in [4.78, 5) is 20.9. The molecule has 1 aliphatic rings. The summed E-state index contributed by atoms with van der Waals surface area (Å²) in [6.45, 7) is 1.48. The van der Waals surface area contributed by atoms with Crippen LogP contribution in [0.2, 0.25) is 0 Å². The van der Waals surface area contributed by atoms with E-state index in [1.54, 1.807) is 0 Å². The van der Waals surface area contributed by atoms with E-state index in [-0.39, 0.29) is 5.56 Å². The van der Waals surface area contributed by atoms with Gasteiger partial charge in [-0.25, -0.2) is 4.98 Å². The van der Waals surface area contributed by atoms with Gasteiger partial charge in [-0.15, -0.1) is 21.5 Å². The second-order valence-electron chi connectivity index (χ2n) is 8.00. The Hall–Kier alpha value is -3.79. The highest BCUT2D eigenvalue weighted by molar-refractivity contribution is 7.13. The zero-order valence-electron chi connectivity index (χ0n) is 18.4. The molecule has 1 aliphatic heterocycles. The van der Waals surface area contributed by atoms with E-state index in [9.17, 15) is 18.0 Å². The van der Waals surface area contributed by atoms with E-state index in [0.29, 0.717) is 37.7 Å². The van der Waals surface area contributed by atoms with Gasteiger partial charge in [-0.1, -0.05) is 42.5 Å². The zero-order valence-corrected chi connectivity index (χ0v) is 19.3. The molecule has 0 atom stereocenters. The van der Waals surface area contributed by atoms with Crippen LogP contribution in [0.1, 0.15) is 15.9 Å². The van der Waals surface area contributed by atoms with Crippen molar-refractivity contribution in [3.8, 4) is 22.0 Å². The van der Waals surface area contributed by atoms with E-state index in [4.69, 9.17) is 0 Å². The Morgan fingerprint density at radius 1 is 0.829 bits per heavy atom. The second kappa shape index (κ2) is 9.46. The number of benzene rings is 2. The van der Waals surface area contributed by atoms with Crippen LogP contribution < -0.4 is 4.90 Å². The van der Waals surface area contributed by atoms with Gasteiger partial charge >= 0.3 is 6.18 Å². The first-order valence-electron chi connectivity index (χ1n) is 11.0. The molecule has 4 aromatic rings. The molecule has 178 valence electrons. The summed E-state index contributed by atoms with van der Waals surface area (Å²) in [5, 5.41) is 11.5. The van der Waals surface area contributed by atoms with Gasteiger partial charge in [0.1, 0.15) is 16.4 Å². The van der Waals surface area contributed by atoms with Gasteiger partial charge in [-0.2, -0.15) is 13.2 Å². The summed E-state index contributed by atoms with van der Waals surface area (Å²) >= 11 is 1.54. The number of piperazine rings is 1. The van der Waals surface area contributed by atoms with Gasteiger partial charge in [0, 0.05) is 37.1 Å². The maximum atomic E-state index is 13.3. The zero-order chi connectivity index (χ0) is 24.4. The number of nitrogens with zero attached hydrogens (tertiary/aromatic N) is 5. The van der Waals surface area contributed by atoms with Crippen LogP contribution in [0.25, 0.3) is 22.0 Å². The summed E-state index contributed by atoms with van der Waals surface area (Å²) in [6, 6.07) is 18.5. The number of carbonyl (C=O) groups excluding carboxylic acids is 1. The number of alkyl halides is 3. The highest BCUT2D eigenvalue weighted by atomic mass is 32.1. The van der Waals surface area contributed by atoms with E-state index in [2.05, 4.69) is 15.2 Å². The smallest absolute Gasteiger partial charge is 0.352 e. The Labute approximate surface area is 203 Å². The van der Waals surface area contributed by atoms with Crippen molar-refractivity contribution in [2.45, 2.75) is 6.18 Å². The van der Waals surface area contributed by atoms with E-state index in [0.717, 1.165) is 22.3 Å². The Bertz CT molecular complexity index is 1320. The number of hydrogen-bond acceptors (Lipinski definition) is 6. The molecular formula is C25H20F3N5OS. The predicted octanol–water partition coefficient (Wildman–Crippen LogP) is 5.25. The van der Waals surface area contributed by atoms with E-state index >= 15 is 0 Å². The van der Waals surface area contributed by atoms with Crippen LogP contribution in [-0.4, -0.2) is 52.2 Å². The third-order valence-corrected chi connectivity index (χ3v) is 6.68. The second-order valence-corrected chi connectivity index (χ2v) is 8.86. The van der Waals surface area contributed by atoms with Crippen LogP contribution in [0, 0.1) is 0 Å². The minimum absolute atomic E-state index is 0.293. The van der Waals surface area contributed by atoms with Crippen LogP contribution >= 0.6 is 11.3 Å². The summed E-state index contributed by atoms with van der Waals surface area (Å²) in [7, 11) is 0. The minimum atomic E-state index is -4.58. The molecule has 0 spiro atoms. The maximum Gasteiger partial charge on any atom is 0.417 e. The molecule has 2 aromatic heterocycles. The predicted molar refractivity (Wildman–Crippen MR) is 128 cm³/mol. The van der Waals surface area contributed by atoms with Crippen molar-refractivity contribution in [2.24, 2.45) is 0 Å². The Morgan fingerprint density at radius 3 is 2.23 bits per heavy atom. The van der Waals surface area contributed by atoms with Crippen LogP contribution in [-0.2, 0) is 6.18 Å². The molecular weight excluding hydrogens is 475 g/mol. The van der Waals surface area contributed by atoms with Crippen LogP contribution in [0.3, 0.4) is 0 Å². The summed E-state index contributed by atoms with van der Waals surface area (Å²) < 4.78 is 39.9. The number of carbonyl (C=O) groups is 1. The van der Waals surface area contributed by atoms with Crippen molar-refractivity contribution < 1.29 is 18.0 Å². The lowest BCUT2D eigenvalue weighted by molar-refractivity contribution is -0.138. The molecule has 1 fully saturated rings. The fourth-order valence-electron chi connectivity index (χ4n) is 3.96. The Kier molecular flexibility index (Phi) is 6.21. The molecule has 0 N–H and O–H groups in total. The van der Waals surface area contributed by atoms with Gasteiger partial charge in [-0.3, -0.25) is 4.79 Å². The topological polar surface area (TPSA) is 62.2 Å². The van der Waals surface area contributed by atoms with Crippen molar-refractivity contribution in [2.75, 3.05) is 31.1 Å². The first-order valence-corrected chi connectivity index (χ1v) is 11.8. The molecule has 6 nitrogen and oxygen atoms in total. The molecule has 35 heavy (non-hydrogen) atoms. The third-order valence-electron chi connectivity index (χ3n) is 5.79. The van der Waals surface area contributed by atoms with Gasteiger partial charge in [0.05, 0.1) is 11.1 Å². The highest BCUT2D eigenvalue weighted by Crippen LogP contribution is 2.33. The molecule has 2 aromatic carbocycles. The van der Waals surface area contributed by atoms with Crippen LogP contribution in [0.5, 0.6) is 0 Å². The number of hydrogen-bond donors (Lipinski definition) is 0. The number of anilines is 1. The SMILES string of the molecule is O=C(c1ccccc1C(F)(F)F)N1CCN(c2ccc(-c3csc(-c4ccccc4)n3)nn2)CC1. The molecule has 0 saturated carbocycles. The van der Waals surface area contributed by atoms with Crippen molar-refractivity contribution in [3.05, 3.63) is 83.2 Å². The highest BCUT2D eigenvalue weighted by Gasteiger charge is 2.36. The van der Waals surface area contributed by atoms with E-state index in [1.807, 2.05) is 52.7 Å². The molecule has 3 heterocycles. The Morgan fingerprint density at radius 2 is 1.54 bits per heavy atom. The lowest BCUT2D eigenvalue weighted by Gasteiger charge is -2.35. The summed E-state index contributed by atoms with van der Waals surface area (Å²) in [6.07, 6.45) is -4.58. The van der Waals surface area contributed by atoms with Crippen molar-refractivity contribution in [1.82, 2.24) is 20.1 Å². The number of amides is 1. The average Bonchev–Trinajstić information content (AvgIpc) is 3.39. The summed E-state index contributed by atoms with van der Waals surface area (Å²) in [5.41, 5.74) is 1.21. The fourth-order valence-corrected chi connectivity index (χ4v) is 4.78. The average molecular weight is 496 g/mol. The minimum Gasteiger partial charge on any atom is -0.352 e. The molecule has 0 radical (unpaired) electrons. The van der Waals surface area contributed by atoms with Crippen LogP contribution in [0.15, 0.2) is 72.1 Å². The van der Waals surface area contributed by atoms with Gasteiger partial charge in [0.25, 0.3) is 5.91 Å². The number of rotatable bonds is 4. The van der Waals surface area contributed by atoms with Crippen molar-refractivity contribution >= 4 is 23.1 Å². The molecule has 0 bridgehead atoms. The number of halogens is 3. The van der Waals surface area contributed by atoms with Gasteiger partial charge in [0.2, 0.25) is 0 Å². The summed E-state index contributed by atoms with van der Waals surface area (Å²) in [5.74, 6) is 0.0341. The third kappa shape index (κ3) is 4.88. The fraction of sp³-hybridized carbons (Fsp3) is 0.200. The molecule has 5 rings (SSSR count). The monoisotopic (exact) mass is 495 g/mol. The normalized spacial score (nSPS) is 14.3. The van der Waals surface area contributed by atoms with Crippen molar-refractivity contribution in [1.29, 1.82) is 0 Å². The lowest BCUT2D eigenvalue weighted by atomic mass is 10.1. The largest absolute Gasteiger partial charge is 0.417 e. The van der Waals surface area contributed by atoms with Crippen LogP contribution in [0.4, 0.5) is 19.0 Å². The number of thiazole rings is 1. The first-order chi connectivity index (χ1) is 16.9. The molecule has 10 heteroatoms. The molecule has 1 saturated heterocycles. The van der Waals surface area contributed by atoms with Gasteiger partial charge in [-0.05, 0) is 24.3 Å². The van der Waals surface area contributed by atoms with E-state index in [1.165, 1.54) is 34.4 Å². The maximum absolute atomic E-state index is 13.3. The van der Waals surface area contributed by atoms with Gasteiger partial charge < -0.3 is 9.80 Å². The lowest BCUT2D eigenvalue weighted by Crippen LogP contribution is -2.49. The molecule has 0 unspecified atom stereocenters. The molecule has 0 aliphatic carbocycles. The standard InChI is InChI=1S/C25H20F3N5OS/c26-25(27,28)19-9-5-4-8-18(19)24(34)33-14-12-32(13-15-33)22-11-10-20(30-31-22)21-16-35-23(29-21)17-6-2-1-3-7-17/h1-11,16H,12-15H2. The first kappa shape index (κ1) is 23.0. The quantitative estimate of drug-likeness (QED) is 0.387. The van der Waals surface area contributed by atoms with Gasteiger partial charge in [0.15, 0.2) is 5.82 Å². The molecule has 1 amide bonds. The Balaban J connectivity index is 1.24. The van der Waals surface area contributed by atoms with E-state index < -0.39 is 17.6 Å². The van der Waals surface area contributed by atoms with Crippen molar-refractivity contribution in [3.63, 3.8) is 0 Å². The number of aromatic nitrogens is 3.